The van der Waals surface area contributed by atoms with Gasteiger partial charge in [0.25, 0.3) is 0 Å². The number of anilines is 1. The molecule has 1 N–H and O–H groups in total. The summed E-state index contributed by atoms with van der Waals surface area (Å²) in [6.45, 7) is 1.14. The maximum Gasteiger partial charge on any atom is 0.231 e. The predicted molar refractivity (Wildman–Crippen MR) is 95.4 cm³/mol. The third kappa shape index (κ3) is 3.13. The number of aromatic nitrogens is 2. The zero-order chi connectivity index (χ0) is 16.5. The van der Waals surface area contributed by atoms with Crippen molar-refractivity contribution < 1.29 is 9.53 Å². The monoisotopic (exact) mass is 359 g/mol. The lowest BCUT2D eigenvalue weighted by molar-refractivity contribution is -0.119. The van der Waals surface area contributed by atoms with E-state index in [9.17, 15) is 4.79 Å². The number of halogens is 1. The van der Waals surface area contributed by atoms with E-state index in [1.807, 2.05) is 24.3 Å². The summed E-state index contributed by atoms with van der Waals surface area (Å²) in [7, 11) is 0. The molecule has 5 nitrogen and oxygen atoms in total. The Morgan fingerprint density at radius 1 is 1.25 bits per heavy atom. The van der Waals surface area contributed by atoms with Gasteiger partial charge in [-0.1, -0.05) is 35.1 Å². The number of amides is 1. The lowest BCUT2D eigenvalue weighted by atomic mass is 10.1. The van der Waals surface area contributed by atoms with Crippen LogP contribution < -0.4 is 5.32 Å². The molecular weight excluding hydrogens is 346 g/mol. The molecule has 0 aliphatic carbocycles. The van der Waals surface area contributed by atoms with E-state index in [0.717, 1.165) is 27.6 Å². The molecule has 1 unspecified atom stereocenters. The molecule has 4 rings (SSSR count). The van der Waals surface area contributed by atoms with Crippen molar-refractivity contribution in [2.45, 2.75) is 6.42 Å². The van der Waals surface area contributed by atoms with Gasteiger partial charge in [0.15, 0.2) is 5.13 Å². The van der Waals surface area contributed by atoms with Crippen LogP contribution in [0.15, 0.2) is 36.7 Å². The fourth-order valence-corrected chi connectivity index (χ4v) is 3.66. The predicted octanol–water partition coefficient (Wildman–Crippen LogP) is 3.99. The molecule has 0 radical (unpaired) electrons. The molecule has 3 aromatic rings. The van der Waals surface area contributed by atoms with E-state index >= 15 is 0 Å². The van der Waals surface area contributed by atoms with Gasteiger partial charge in [0.2, 0.25) is 5.91 Å². The van der Waals surface area contributed by atoms with E-state index in [1.165, 1.54) is 11.3 Å². The average Bonchev–Trinajstić information content (AvgIpc) is 3.26. The molecule has 0 saturated carbocycles. The molecule has 0 bridgehead atoms. The summed E-state index contributed by atoms with van der Waals surface area (Å²) in [5.74, 6) is -0.0996. The van der Waals surface area contributed by atoms with Crippen molar-refractivity contribution in [3.05, 3.63) is 41.8 Å². The third-order valence-electron chi connectivity index (χ3n) is 4.01. The van der Waals surface area contributed by atoms with Crippen molar-refractivity contribution in [1.82, 2.24) is 9.97 Å². The van der Waals surface area contributed by atoms with Crippen LogP contribution in [-0.2, 0) is 9.53 Å². The van der Waals surface area contributed by atoms with Crippen molar-refractivity contribution in [2.75, 3.05) is 18.5 Å². The number of fused-ring (bicyclic) bond motifs is 1. The van der Waals surface area contributed by atoms with Crippen LogP contribution in [0.4, 0.5) is 5.13 Å². The molecule has 7 heteroatoms. The van der Waals surface area contributed by atoms with Crippen LogP contribution in [0.25, 0.3) is 21.2 Å². The third-order valence-corrected chi connectivity index (χ3v) is 5.18. The summed E-state index contributed by atoms with van der Waals surface area (Å²) in [4.78, 5) is 21.5. The molecule has 1 saturated heterocycles. The Labute approximate surface area is 147 Å². The van der Waals surface area contributed by atoms with Gasteiger partial charge in [0, 0.05) is 24.4 Å². The van der Waals surface area contributed by atoms with Gasteiger partial charge in [-0.25, -0.2) is 9.97 Å². The Hall–Kier alpha value is -2.02. The summed E-state index contributed by atoms with van der Waals surface area (Å²) in [5.41, 5.74) is 1.03. The molecule has 1 aromatic carbocycles. The zero-order valence-corrected chi connectivity index (χ0v) is 14.2. The van der Waals surface area contributed by atoms with Gasteiger partial charge in [0.05, 0.1) is 17.4 Å². The number of hydrogen-bond acceptors (Lipinski definition) is 5. The summed E-state index contributed by atoms with van der Waals surface area (Å²) >= 11 is 7.42. The van der Waals surface area contributed by atoms with Gasteiger partial charge in [-0.05, 0) is 29.5 Å². The molecule has 1 fully saturated rings. The minimum Gasteiger partial charge on any atom is -0.381 e. The molecule has 122 valence electrons. The van der Waals surface area contributed by atoms with Crippen molar-refractivity contribution in [2.24, 2.45) is 5.92 Å². The maximum atomic E-state index is 12.1. The highest BCUT2D eigenvalue weighted by atomic mass is 35.5. The first-order chi connectivity index (χ1) is 11.7. The van der Waals surface area contributed by atoms with Gasteiger partial charge < -0.3 is 10.1 Å². The molecule has 3 heterocycles. The number of ether oxygens (including phenoxy) is 1. The van der Waals surface area contributed by atoms with E-state index in [1.54, 1.807) is 12.4 Å². The van der Waals surface area contributed by atoms with Crippen LogP contribution in [-0.4, -0.2) is 29.1 Å². The minimum absolute atomic E-state index is 0.0234. The second kappa shape index (κ2) is 6.47. The first-order valence-electron chi connectivity index (χ1n) is 7.59. The van der Waals surface area contributed by atoms with Gasteiger partial charge >= 0.3 is 0 Å². The quantitative estimate of drug-likeness (QED) is 0.718. The molecule has 1 amide bonds. The Morgan fingerprint density at radius 3 is 3.00 bits per heavy atom. The highest BCUT2D eigenvalue weighted by molar-refractivity contribution is 7.19. The first-order valence-corrected chi connectivity index (χ1v) is 8.78. The molecular formula is C17H14ClN3O2S. The molecule has 24 heavy (non-hydrogen) atoms. The van der Waals surface area contributed by atoms with E-state index in [-0.39, 0.29) is 11.8 Å². The Balaban J connectivity index is 1.56. The second-order valence-corrected chi connectivity index (χ2v) is 7.07. The minimum atomic E-state index is -0.0762. The van der Waals surface area contributed by atoms with Crippen molar-refractivity contribution >= 4 is 44.7 Å². The summed E-state index contributed by atoms with van der Waals surface area (Å²) < 4.78 is 5.25. The fourth-order valence-electron chi connectivity index (χ4n) is 2.68. The average molecular weight is 360 g/mol. The first kappa shape index (κ1) is 15.5. The van der Waals surface area contributed by atoms with Crippen molar-refractivity contribution in [3.8, 4) is 10.4 Å². The summed E-state index contributed by atoms with van der Waals surface area (Å²) in [5, 5.41) is 6.00. The highest BCUT2D eigenvalue weighted by Gasteiger charge is 2.24. The Bertz CT molecular complexity index is 906. The fraction of sp³-hybridized carbons (Fsp3) is 0.235. The number of hydrogen-bond donors (Lipinski definition) is 1. The number of carbonyl (C=O) groups excluding carboxylic acids is 1. The SMILES string of the molecule is O=C(Nc1ncc(-c2ccc3cnc(Cl)cc3c2)s1)C1CCOC1. The van der Waals surface area contributed by atoms with E-state index in [2.05, 4.69) is 15.3 Å². The summed E-state index contributed by atoms with van der Waals surface area (Å²) in [6.07, 6.45) is 4.29. The number of carbonyl (C=O) groups is 1. The molecule has 1 atom stereocenters. The lowest BCUT2D eigenvalue weighted by Crippen LogP contribution is -2.22. The van der Waals surface area contributed by atoms with Crippen molar-refractivity contribution in [3.63, 3.8) is 0 Å². The van der Waals surface area contributed by atoms with Crippen LogP contribution in [0, 0.1) is 5.92 Å². The second-order valence-electron chi connectivity index (χ2n) is 5.65. The maximum absolute atomic E-state index is 12.1. The number of nitrogens with zero attached hydrogens (tertiary/aromatic N) is 2. The van der Waals surface area contributed by atoms with Crippen LogP contribution >= 0.6 is 22.9 Å². The van der Waals surface area contributed by atoms with E-state index in [4.69, 9.17) is 16.3 Å². The zero-order valence-electron chi connectivity index (χ0n) is 12.7. The summed E-state index contributed by atoms with van der Waals surface area (Å²) in [6, 6.07) is 7.90. The number of rotatable bonds is 3. The Kier molecular flexibility index (Phi) is 4.18. The van der Waals surface area contributed by atoms with Gasteiger partial charge in [-0.15, -0.1) is 0 Å². The number of thiazole rings is 1. The van der Waals surface area contributed by atoms with Crippen molar-refractivity contribution in [1.29, 1.82) is 0 Å². The highest BCUT2D eigenvalue weighted by Crippen LogP contribution is 2.32. The molecule has 1 aliphatic heterocycles. The van der Waals surface area contributed by atoms with Crippen LogP contribution in [0.5, 0.6) is 0 Å². The van der Waals surface area contributed by atoms with Crippen LogP contribution in [0.2, 0.25) is 5.15 Å². The number of nitrogens with one attached hydrogen (secondary N) is 1. The molecule has 0 spiro atoms. The molecule has 1 aliphatic rings. The number of pyridine rings is 1. The van der Waals surface area contributed by atoms with Gasteiger partial charge in [-0.2, -0.15) is 0 Å². The molecule has 2 aromatic heterocycles. The number of benzene rings is 1. The van der Waals surface area contributed by atoms with E-state index in [0.29, 0.717) is 23.5 Å². The van der Waals surface area contributed by atoms with Crippen LogP contribution in [0.3, 0.4) is 0 Å². The van der Waals surface area contributed by atoms with Crippen LogP contribution in [0.1, 0.15) is 6.42 Å². The topological polar surface area (TPSA) is 64.1 Å². The standard InChI is InChI=1S/C17H14ClN3O2S/c18-15-6-13-5-10(1-2-11(13)7-19-15)14-8-20-17(24-14)21-16(22)12-3-4-23-9-12/h1-2,5-8,12H,3-4,9H2,(H,20,21,22). The largest absolute Gasteiger partial charge is 0.381 e. The van der Waals surface area contributed by atoms with Gasteiger partial charge in [0.1, 0.15) is 5.15 Å². The Morgan fingerprint density at radius 2 is 2.17 bits per heavy atom. The smallest absolute Gasteiger partial charge is 0.231 e. The normalized spacial score (nSPS) is 17.3. The lowest BCUT2D eigenvalue weighted by Gasteiger charge is -2.06. The van der Waals surface area contributed by atoms with Gasteiger partial charge in [-0.3, -0.25) is 4.79 Å². The van der Waals surface area contributed by atoms with E-state index < -0.39 is 0 Å².